The summed E-state index contributed by atoms with van der Waals surface area (Å²) >= 11 is 0. The summed E-state index contributed by atoms with van der Waals surface area (Å²) < 4.78 is 16.5. The Morgan fingerprint density at radius 2 is 1.67 bits per heavy atom. The molecule has 1 heterocycles. The molecule has 4 rings (SSSR count). The van der Waals surface area contributed by atoms with Gasteiger partial charge in [0.25, 0.3) is 0 Å². The predicted molar refractivity (Wildman–Crippen MR) is 99.4 cm³/mol. The minimum Gasteiger partial charge on any atom is -0.448 e. The van der Waals surface area contributed by atoms with Crippen molar-refractivity contribution in [2.45, 2.75) is 11.7 Å². The Balaban J connectivity index is 1.45. The normalized spacial score (nSPS) is 17.4. The van der Waals surface area contributed by atoms with E-state index in [0.29, 0.717) is 13.2 Å². The molecule has 6 heteroatoms. The van der Waals surface area contributed by atoms with Gasteiger partial charge in [0.2, 0.25) is 5.79 Å². The number of ether oxygens (including phenoxy) is 3. The number of aliphatic hydroxyl groups is 1. The molecule has 0 bridgehead atoms. The van der Waals surface area contributed by atoms with Gasteiger partial charge in [-0.2, -0.15) is 0 Å². The van der Waals surface area contributed by atoms with Gasteiger partial charge in [0.15, 0.2) is 0 Å². The summed E-state index contributed by atoms with van der Waals surface area (Å²) in [6, 6.07) is 16.4. The lowest BCUT2D eigenvalue weighted by Gasteiger charge is -2.29. The Morgan fingerprint density at radius 3 is 2.22 bits per heavy atom. The van der Waals surface area contributed by atoms with Crippen molar-refractivity contribution in [2.75, 3.05) is 40.0 Å². The largest absolute Gasteiger partial charge is 0.448 e. The van der Waals surface area contributed by atoms with Crippen LogP contribution in [0.5, 0.6) is 0 Å². The smallest absolute Gasteiger partial charge is 0.409 e. The molecule has 27 heavy (non-hydrogen) atoms. The Hall–Kier alpha value is -2.41. The summed E-state index contributed by atoms with van der Waals surface area (Å²) in [6.45, 7) is 0.859. The van der Waals surface area contributed by atoms with E-state index in [1.165, 1.54) is 27.2 Å². The van der Waals surface area contributed by atoms with Crippen LogP contribution < -0.4 is 0 Å². The molecule has 6 nitrogen and oxygen atoms in total. The second-order valence-electron chi connectivity index (χ2n) is 6.93. The zero-order valence-electron chi connectivity index (χ0n) is 15.3. The van der Waals surface area contributed by atoms with Gasteiger partial charge in [-0.3, -0.25) is 0 Å². The number of amides is 1. The molecule has 1 fully saturated rings. The van der Waals surface area contributed by atoms with Crippen LogP contribution in [0.25, 0.3) is 11.1 Å². The van der Waals surface area contributed by atoms with E-state index in [1.807, 2.05) is 24.3 Å². The summed E-state index contributed by atoms with van der Waals surface area (Å²) in [5.74, 6) is -1.14. The molecule has 1 N–H and O–H groups in total. The molecule has 1 aliphatic carbocycles. The van der Waals surface area contributed by atoms with Gasteiger partial charge < -0.3 is 24.2 Å². The lowest BCUT2D eigenvalue weighted by atomic mass is 9.98. The van der Waals surface area contributed by atoms with Crippen molar-refractivity contribution in [1.29, 1.82) is 0 Å². The van der Waals surface area contributed by atoms with Gasteiger partial charge in [0.05, 0.1) is 26.4 Å². The fourth-order valence-electron chi connectivity index (χ4n) is 3.86. The lowest BCUT2D eigenvalue weighted by Crippen LogP contribution is -2.47. The molecule has 1 amide bonds. The highest BCUT2D eigenvalue weighted by molar-refractivity contribution is 5.79. The topological polar surface area (TPSA) is 68.2 Å². The average molecular weight is 369 g/mol. The van der Waals surface area contributed by atoms with Gasteiger partial charge in [-0.1, -0.05) is 48.5 Å². The van der Waals surface area contributed by atoms with Crippen molar-refractivity contribution < 1.29 is 24.1 Å². The number of rotatable bonds is 5. The van der Waals surface area contributed by atoms with Gasteiger partial charge in [-0.15, -0.1) is 0 Å². The maximum atomic E-state index is 12.5. The van der Waals surface area contributed by atoms with Crippen LogP contribution >= 0.6 is 0 Å². The zero-order valence-corrected chi connectivity index (χ0v) is 15.3. The molecule has 0 saturated carbocycles. The van der Waals surface area contributed by atoms with Crippen LogP contribution in [0.15, 0.2) is 48.5 Å². The number of hydrogen-bond acceptors (Lipinski definition) is 5. The van der Waals surface area contributed by atoms with E-state index in [1.54, 1.807) is 7.05 Å². The lowest BCUT2D eigenvalue weighted by molar-refractivity contribution is -0.189. The van der Waals surface area contributed by atoms with Crippen molar-refractivity contribution >= 4 is 6.09 Å². The van der Waals surface area contributed by atoms with Crippen LogP contribution in [0, 0.1) is 0 Å². The van der Waals surface area contributed by atoms with E-state index >= 15 is 0 Å². The Bertz CT molecular complexity index is 785. The minimum atomic E-state index is -1.15. The molecule has 142 valence electrons. The highest BCUT2D eigenvalue weighted by Gasteiger charge is 2.39. The average Bonchev–Trinajstić information content (AvgIpc) is 3.29. The summed E-state index contributed by atoms with van der Waals surface area (Å²) in [7, 11) is 1.61. The first kappa shape index (κ1) is 18.0. The van der Waals surface area contributed by atoms with Gasteiger partial charge >= 0.3 is 6.09 Å². The van der Waals surface area contributed by atoms with Crippen LogP contribution in [-0.4, -0.2) is 61.9 Å². The molecule has 0 radical (unpaired) electrons. The Morgan fingerprint density at radius 1 is 1.11 bits per heavy atom. The SMILES string of the molecule is CN(CC1(CO)OCCO1)C(=O)OCC1c2ccccc2-c2ccccc21. The maximum absolute atomic E-state index is 12.5. The number of carbonyl (C=O) groups excluding carboxylic acids is 1. The molecule has 2 aromatic carbocycles. The summed E-state index contributed by atoms with van der Waals surface area (Å²) in [6.07, 6.45) is -0.469. The molecule has 1 saturated heterocycles. The number of carbonyl (C=O) groups is 1. The molecule has 2 aliphatic rings. The maximum Gasteiger partial charge on any atom is 0.409 e. The molecule has 0 spiro atoms. The molecular formula is C21H23NO5. The number of aliphatic hydroxyl groups excluding tert-OH is 1. The fourth-order valence-corrected chi connectivity index (χ4v) is 3.86. The van der Waals surface area contributed by atoms with E-state index in [-0.39, 0.29) is 25.7 Å². The number of benzene rings is 2. The number of likely N-dealkylation sites (N-methyl/N-ethyl adjacent to an activating group) is 1. The van der Waals surface area contributed by atoms with Gasteiger partial charge in [0.1, 0.15) is 6.61 Å². The fraction of sp³-hybridized carbons (Fsp3) is 0.381. The van der Waals surface area contributed by atoms with Crippen LogP contribution in [0.2, 0.25) is 0 Å². The van der Waals surface area contributed by atoms with Crippen LogP contribution in [-0.2, 0) is 14.2 Å². The van der Waals surface area contributed by atoms with E-state index in [4.69, 9.17) is 14.2 Å². The molecule has 0 aromatic heterocycles. The molecular weight excluding hydrogens is 346 g/mol. The van der Waals surface area contributed by atoms with Crippen LogP contribution in [0.4, 0.5) is 4.79 Å². The molecule has 2 aromatic rings. The summed E-state index contributed by atoms with van der Waals surface area (Å²) in [5.41, 5.74) is 4.72. The first-order chi connectivity index (χ1) is 13.1. The highest BCUT2D eigenvalue weighted by Crippen LogP contribution is 2.44. The zero-order chi connectivity index (χ0) is 18.9. The van der Waals surface area contributed by atoms with Gasteiger partial charge in [-0.05, 0) is 22.3 Å². The highest BCUT2D eigenvalue weighted by atomic mass is 16.7. The van der Waals surface area contributed by atoms with Gasteiger partial charge in [0, 0.05) is 13.0 Å². The van der Waals surface area contributed by atoms with Crippen LogP contribution in [0.3, 0.4) is 0 Å². The third kappa shape index (κ3) is 3.32. The van der Waals surface area contributed by atoms with E-state index in [0.717, 1.165) is 0 Å². The predicted octanol–water partition coefficient (Wildman–Crippen LogP) is 2.60. The molecule has 0 atom stereocenters. The minimum absolute atomic E-state index is 0.0144. The van der Waals surface area contributed by atoms with E-state index < -0.39 is 11.9 Å². The van der Waals surface area contributed by atoms with Gasteiger partial charge in [-0.25, -0.2) is 4.79 Å². The molecule has 1 aliphatic heterocycles. The molecule has 0 unspecified atom stereocenters. The first-order valence-corrected chi connectivity index (χ1v) is 9.08. The summed E-state index contributed by atoms with van der Waals surface area (Å²) in [4.78, 5) is 13.9. The second-order valence-corrected chi connectivity index (χ2v) is 6.93. The Labute approximate surface area is 158 Å². The third-order valence-corrected chi connectivity index (χ3v) is 5.18. The summed E-state index contributed by atoms with van der Waals surface area (Å²) in [5, 5.41) is 9.54. The van der Waals surface area contributed by atoms with Crippen molar-refractivity contribution in [2.24, 2.45) is 0 Å². The number of nitrogens with zero attached hydrogens (tertiary/aromatic N) is 1. The van der Waals surface area contributed by atoms with E-state index in [2.05, 4.69) is 24.3 Å². The number of fused-ring (bicyclic) bond motifs is 3. The second kappa shape index (κ2) is 7.31. The monoisotopic (exact) mass is 369 g/mol. The third-order valence-electron chi connectivity index (χ3n) is 5.18. The van der Waals surface area contributed by atoms with Crippen molar-refractivity contribution in [1.82, 2.24) is 4.90 Å². The van der Waals surface area contributed by atoms with Crippen molar-refractivity contribution in [3.05, 3.63) is 59.7 Å². The quantitative estimate of drug-likeness (QED) is 0.877. The first-order valence-electron chi connectivity index (χ1n) is 9.08. The van der Waals surface area contributed by atoms with Crippen molar-refractivity contribution in [3.8, 4) is 11.1 Å². The Kier molecular flexibility index (Phi) is 4.86. The van der Waals surface area contributed by atoms with Crippen LogP contribution in [0.1, 0.15) is 17.0 Å². The number of hydrogen-bond donors (Lipinski definition) is 1. The van der Waals surface area contributed by atoms with E-state index in [9.17, 15) is 9.90 Å². The standard InChI is InChI=1S/C21H23NO5/c1-22(13-21(14-23)26-10-11-27-21)20(24)25-12-19-17-8-4-2-6-15(17)16-7-3-5-9-18(16)19/h2-9,19,23H,10-14H2,1H3. The van der Waals surface area contributed by atoms with Crippen molar-refractivity contribution in [3.63, 3.8) is 0 Å².